The van der Waals surface area contributed by atoms with Gasteiger partial charge in [0.15, 0.2) is 0 Å². The van der Waals surface area contributed by atoms with Gasteiger partial charge in [-0.25, -0.2) is 13.2 Å². The first-order valence-electron chi connectivity index (χ1n) is 8.32. The lowest BCUT2D eigenvalue weighted by Crippen LogP contribution is -2.16. The molecular weight excluding hydrogens is 401 g/mol. The molecule has 0 aromatic heterocycles. The first-order valence-corrected chi connectivity index (χ1v) is 9.20. The summed E-state index contributed by atoms with van der Waals surface area (Å²) in [7, 11) is 0. The zero-order valence-corrected chi connectivity index (χ0v) is 16.0. The van der Waals surface area contributed by atoms with E-state index < -0.39 is 35.8 Å². The summed E-state index contributed by atoms with van der Waals surface area (Å²) in [6, 6.07) is 1.78. The lowest BCUT2D eigenvalue weighted by Gasteiger charge is -2.17. The van der Waals surface area contributed by atoms with Crippen molar-refractivity contribution in [2.75, 3.05) is 6.61 Å². The molecule has 0 aliphatic heterocycles. The Morgan fingerprint density at radius 2 is 2.07 bits per heavy atom. The van der Waals surface area contributed by atoms with E-state index in [2.05, 4.69) is 0 Å². The van der Waals surface area contributed by atoms with Crippen LogP contribution in [0, 0.1) is 11.3 Å². The summed E-state index contributed by atoms with van der Waals surface area (Å²) in [4.78, 5) is -0.177. The molecule has 1 rings (SSSR count). The summed E-state index contributed by atoms with van der Waals surface area (Å²) in [5, 5.41) is 18.8. The van der Waals surface area contributed by atoms with Crippen molar-refractivity contribution in [2.24, 2.45) is 0 Å². The standard InChI is InChI=1S/C19H20F5NO2S/c1-3-13(20)8-12(10-25)6-7-27-14-4-5-16(28-19(23)24)17(11(2)26)15(9-14)18(21)22/h4-6,8-9,11,14,18-19,26H,3,7H2,1-2H3/b12-6+,13-8+. The van der Waals surface area contributed by atoms with E-state index in [9.17, 15) is 27.1 Å². The highest BCUT2D eigenvalue weighted by atomic mass is 32.2. The summed E-state index contributed by atoms with van der Waals surface area (Å²) in [6.45, 7) is 2.59. The number of hydrogen-bond donors (Lipinski definition) is 1. The van der Waals surface area contributed by atoms with E-state index >= 15 is 0 Å². The van der Waals surface area contributed by atoms with Gasteiger partial charge in [-0.05, 0) is 37.6 Å². The highest BCUT2D eigenvalue weighted by Crippen LogP contribution is 2.36. The number of aliphatic hydroxyl groups excluding tert-OH is 1. The quantitative estimate of drug-likeness (QED) is 0.306. The number of rotatable bonds is 9. The van der Waals surface area contributed by atoms with E-state index in [1.807, 2.05) is 0 Å². The number of allylic oxidation sites excluding steroid dienone is 4. The molecule has 0 radical (unpaired) electrons. The van der Waals surface area contributed by atoms with E-state index in [0.717, 1.165) is 12.2 Å². The molecule has 1 aliphatic carbocycles. The lowest BCUT2D eigenvalue weighted by molar-refractivity contribution is 0.136. The molecule has 0 saturated heterocycles. The van der Waals surface area contributed by atoms with Crippen molar-refractivity contribution in [2.45, 2.75) is 44.7 Å². The van der Waals surface area contributed by atoms with Gasteiger partial charge in [-0.15, -0.1) is 0 Å². The van der Waals surface area contributed by atoms with E-state index in [0.29, 0.717) is 0 Å². The summed E-state index contributed by atoms with van der Waals surface area (Å²) in [5.74, 6) is -3.35. The lowest BCUT2D eigenvalue weighted by atomic mass is 10.0. The maximum atomic E-state index is 13.5. The molecule has 0 fully saturated rings. The molecule has 0 aromatic carbocycles. The van der Waals surface area contributed by atoms with Gasteiger partial charge in [0.25, 0.3) is 12.2 Å². The third kappa shape index (κ3) is 7.62. The Morgan fingerprint density at radius 3 is 2.57 bits per heavy atom. The van der Waals surface area contributed by atoms with Gasteiger partial charge in [0.1, 0.15) is 5.83 Å². The van der Waals surface area contributed by atoms with Crippen LogP contribution in [-0.4, -0.2) is 36.1 Å². The minimum absolute atomic E-state index is 0.00625. The van der Waals surface area contributed by atoms with Crippen LogP contribution in [0.25, 0.3) is 0 Å². The molecule has 1 aliphatic rings. The van der Waals surface area contributed by atoms with Crippen molar-refractivity contribution >= 4 is 11.8 Å². The average Bonchev–Trinajstić information content (AvgIpc) is 2.80. The van der Waals surface area contributed by atoms with Crippen LogP contribution >= 0.6 is 11.8 Å². The molecular formula is C19H20F5NO2S. The van der Waals surface area contributed by atoms with Crippen LogP contribution in [0.4, 0.5) is 22.0 Å². The van der Waals surface area contributed by atoms with E-state index in [1.54, 1.807) is 13.0 Å². The molecule has 2 unspecified atom stereocenters. The maximum absolute atomic E-state index is 13.5. The molecule has 0 amide bonds. The van der Waals surface area contributed by atoms with Gasteiger partial charge in [-0.3, -0.25) is 0 Å². The Morgan fingerprint density at radius 1 is 1.39 bits per heavy atom. The Labute approximate surface area is 164 Å². The van der Waals surface area contributed by atoms with Crippen LogP contribution < -0.4 is 0 Å². The summed E-state index contributed by atoms with van der Waals surface area (Å²) in [6.07, 6.45) is 0.539. The van der Waals surface area contributed by atoms with Crippen LogP contribution in [0.5, 0.6) is 0 Å². The second-order valence-electron chi connectivity index (χ2n) is 5.63. The Hall–Kier alpha value is -1.89. The molecule has 0 heterocycles. The normalized spacial score (nSPS) is 19.8. The van der Waals surface area contributed by atoms with Crippen molar-refractivity contribution in [3.8, 4) is 6.07 Å². The average molecular weight is 421 g/mol. The second-order valence-corrected chi connectivity index (χ2v) is 6.66. The van der Waals surface area contributed by atoms with Crippen LogP contribution in [0.1, 0.15) is 20.3 Å². The first-order chi connectivity index (χ1) is 13.2. The predicted octanol–water partition coefficient (Wildman–Crippen LogP) is 5.44. The Bertz CT molecular complexity index is 733. The monoisotopic (exact) mass is 421 g/mol. The minimum Gasteiger partial charge on any atom is -0.389 e. The highest BCUT2D eigenvalue weighted by molar-refractivity contribution is 8.03. The van der Waals surface area contributed by atoms with Crippen LogP contribution in [0.2, 0.25) is 0 Å². The number of halogens is 5. The smallest absolute Gasteiger partial charge is 0.288 e. The Balaban J connectivity index is 3.10. The summed E-state index contributed by atoms with van der Waals surface area (Å²) in [5.41, 5.74) is -0.884. The number of thioether (sulfide) groups is 1. The van der Waals surface area contributed by atoms with Gasteiger partial charge in [0.2, 0.25) is 0 Å². The first kappa shape index (κ1) is 24.1. The molecule has 0 saturated carbocycles. The SMILES string of the molecule is CC/C(F)=C\C(C#N)=C/COC1C=CC(SC(F)F)=C(C(C)O)C(C(F)F)=C1. The topological polar surface area (TPSA) is 53.2 Å². The third-order valence-corrected chi connectivity index (χ3v) is 4.39. The molecule has 0 spiro atoms. The number of alkyl halides is 4. The fraction of sp³-hybridized carbons (Fsp3) is 0.421. The zero-order valence-electron chi connectivity index (χ0n) is 15.2. The van der Waals surface area contributed by atoms with E-state index in [-0.39, 0.29) is 40.8 Å². The van der Waals surface area contributed by atoms with Crippen molar-refractivity contribution in [1.29, 1.82) is 5.26 Å². The largest absolute Gasteiger partial charge is 0.389 e. The fourth-order valence-corrected chi connectivity index (χ4v) is 3.10. The molecule has 0 bridgehead atoms. The van der Waals surface area contributed by atoms with Crippen LogP contribution in [0.3, 0.4) is 0 Å². The predicted molar refractivity (Wildman–Crippen MR) is 98.4 cm³/mol. The van der Waals surface area contributed by atoms with Crippen molar-refractivity contribution in [3.05, 3.63) is 57.8 Å². The third-order valence-electron chi connectivity index (χ3n) is 3.60. The molecule has 28 heavy (non-hydrogen) atoms. The zero-order chi connectivity index (χ0) is 21.3. The van der Waals surface area contributed by atoms with Crippen LogP contribution in [0.15, 0.2) is 57.8 Å². The van der Waals surface area contributed by atoms with Gasteiger partial charge in [0.05, 0.1) is 30.5 Å². The van der Waals surface area contributed by atoms with E-state index in [4.69, 9.17) is 10.00 Å². The number of nitrogens with zero attached hydrogens (tertiary/aromatic N) is 1. The van der Waals surface area contributed by atoms with Crippen LogP contribution in [-0.2, 0) is 4.74 Å². The van der Waals surface area contributed by atoms with Crippen molar-refractivity contribution < 1.29 is 31.8 Å². The van der Waals surface area contributed by atoms with Gasteiger partial charge >= 0.3 is 0 Å². The molecule has 0 aromatic rings. The van der Waals surface area contributed by atoms with E-state index in [1.165, 1.54) is 25.2 Å². The molecule has 154 valence electrons. The molecule has 1 N–H and O–H groups in total. The van der Waals surface area contributed by atoms with Gasteiger partial charge in [-0.1, -0.05) is 24.8 Å². The summed E-state index contributed by atoms with van der Waals surface area (Å²) < 4.78 is 71.2. The number of ether oxygens (including phenoxy) is 1. The second kappa shape index (κ2) is 11.8. The highest BCUT2D eigenvalue weighted by Gasteiger charge is 2.27. The van der Waals surface area contributed by atoms with Gasteiger partial charge in [-0.2, -0.15) is 14.0 Å². The van der Waals surface area contributed by atoms with Gasteiger partial charge in [0, 0.05) is 16.1 Å². The van der Waals surface area contributed by atoms with Crippen molar-refractivity contribution in [1.82, 2.24) is 0 Å². The number of hydrogen-bond acceptors (Lipinski definition) is 4. The van der Waals surface area contributed by atoms with Crippen molar-refractivity contribution in [3.63, 3.8) is 0 Å². The molecule has 9 heteroatoms. The number of nitriles is 1. The molecule has 3 nitrogen and oxygen atoms in total. The van der Waals surface area contributed by atoms with Gasteiger partial charge < -0.3 is 9.84 Å². The summed E-state index contributed by atoms with van der Waals surface area (Å²) >= 11 is 0.0554. The molecule has 2 atom stereocenters. The fourth-order valence-electron chi connectivity index (χ4n) is 2.33. The Kier molecular flexibility index (Phi) is 10.2. The minimum atomic E-state index is -3.02. The number of aliphatic hydroxyl groups is 1. The maximum Gasteiger partial charge on any atom is 0.288 e.